The number of hydrogen-bond donors (Lipinski definition) is 1. The first-order valence-electron chi connectivity index (χ1n) is 25.1. The van der Waals surface area contributed by atoms with Gasteiger partial charge < -0.3 is 37.0 Å². The van der Waals surface area contributed by atoms with Crippen molar-refractivity contribution < 1.29 is 46.6 Å². The summed E-state index contributed by atoms with van der Waals surface area (Å²) >= 11 is 0. The molecule has 0 radical (unpaired) electrons. The molecular weight excluding hydrogens is 929 g/mol. The summed E-state index contributed by atoms with van der Waals surface area (Å²) in [6, 6.07) is 0. The molecule has 1 saturated carbocycles. The normalized spacial score (nSPS) is 19.1. The lowest BCUT2D eigenvalue weighted by molar-refractivity contribution is -0.0420. The monoisotopic (exact) mass is 1020 g/mol. The summed E-state index contributed by atoms with van der Waals surface area (Å²) in [6.07, 6.45) is 34.5. The zero-order valence-electron chi connectivity index (χ0n) is 46.3. The standard InChI is InChI=1S/C57H88N2O10Si2/c1-19-29-48(68-70(15,16)54(3,4)5)56(9,10)46(60)34-28-32-42-37-41(42)31-26-27-36-50-58-45(40-65-50)53(62)67-47(57(11,12)49(30-20-2)69-71(17,18)55(6,7)8)35-25-23-21-22-24-33-43(63-13)38-51-59-44(39-66-51)52(61)64-14/h19-33,36,39-43,46-49,60H,34-35,37-38H2,1-18H3/b22-21-,25-23-,29-19+,30-20+,31-26+,32-28-,33-24+,36-27-/t41-,42+,43+,46+,47+,48+,49+/m1/s1. The molecule has 0 unspecified atom stereocenters. The largest absolute Gasteiger partial charge is 0.464 e. The van der Waals surface area contributed by atoms with Gasteiger partial charge in [0.05, 0.1) is 37.9 Å². The summed E-state index contributed by atoms with van der Waals surface area (Å²) < 4.78 is 41.5. The fraction of sp³-hybridized carbons (Fsp3) is 0.579. The minimum Gasteiger partial charge on any atom is -0.464 e. The number of methoxy groups -OCH3 is 2. The average Bonchev–Trinajstić information content (AvgIpc) is 3.59. The molecule has 0 amide bonds. The van der Waals surface area contributed by atoms with Gasteiger partial charge in [0.25, 0.3) is 0 Å². The second-order valence-corrected chi connectivity index (χ2v) is 32.3. The molecule has 1 aliphatic rings. The number of esters is 2. The third kappa shape index (κ3) is 18.2. The molecule has 0 spiro atoms. The average molecular weight is 1020 g/mol. The zero-order chi connectivity index (χ0) is 53.4. The van der Waals surface area contributed by atoms with Crippen LogP contribution >= 0.6 is 0 Å². The topological polar surface area (TPSA) is 153 Å². The predicted molar refractivity (Wildman–Crippen MR) is 291 cm³/mol. The van der Waals surface area contributed by atoms with Gasteiger partial charge in [-0.3, -0.25) is 0 Å². The highest BCUT2D eigenvalue weighted by atomic mass is 28.4. The first kappa shape index (κ1) is 60.9. The van der Waals surface area contributed by atoms with Gasteiger partial charge in [-0.05, 0) is 74.8 Å². The number of aliphatic hydroxyl groups excluding tert-OH is 1. The fourth-order valence-corrected chi connectivity index (χ4v) is 9.79. The van der Waals surface area contributed by atoms with Gasteiger partial charge in [-0.1, -0.05) is 160 Å². The van der Waals surface area contributed by atoms with Gasteiger partial charge in [-0.2, -0.15) is 0 Å². The Morgan fingerprint density at radius 2 is 1.27 bits per heavy atom. The fourth-order valence-electron chi connectivity index (χ4n) is 7.05. The van der Waals surface area contributed by atoms with Crippen LogP contribution in [0.3, 0.4) is 0 Å². The van der Waals surface area contributed by atoms with Gasteiger partial charge in [-0.15, -0.1) is 0 Å². The number of ether oxygens (including phenoxy) is 3. The molecule has 0 bridgehead atoms. The maximum atomic E-state index is 13.8. The lowest BCUT2D eigenvalue weighted by Gasteiger charge is -2.45. The molecule has 2 aromatic rings. The van der Waals surface area contributed by atoms with E-state index in [-0.39, 0.29) is 39.8 Å². The molecule has 7 atom stereocenters. The van der Waals surface area contributed by atoms with E-state index in [1.54, 1.807) is 13.2 Å². The van der Waals surface area contributed by atoms with Crippen molar-refractivity contribution in [3.63, 3.8) is 0 Å². The molecule has 394 valence electrons. The molecular formula is C57H88N2O10Si2. The van der Waals surface area contributed by atoms with Crippen LogP contribution in [0, 0.1) is 22.7 Å². The van der Waals surface area contributed by atoms with Crippen LogP contribution in [0.4, 0.5) is 0 Å². The van der Waals surface area contributed by atoms with E-state index >= 15 is 0 Å². The number of aliphatic hydroxyl groups is 1. The third-order valence-corrected chi connectivity index (χ3v) is 23.3. The van der Waals surface area contributed by atoms with Crippen LogP contribution in [0.25, 0.3) is 6.08 Å². The Balaban J connectivity index is 1.68. The Kier molecular flexibility index (Phi) is 22.7. The lowest BCUT2D eigenvalue weighted by atomic mass is 9.79. The van der Waals surface area contributed by atoms with Crippen molar-refractivity contribution in [2.24, 2.45) is 22.7 Å². The SMILES string of the molecule is C/C=C/[C@H](O[Si](C)(C)C(C)(C)C)C(C)(C)[C@H](C\C=C/C=C\C=C\[C@@H](Cc1nc(C(=O)OC)co1)OC)OC(=O)c1coc(/C=C\C=C\[C@@H]2C[C@@H]2/C=C\C[C@H](O)C(C)(C)[C@H](/C=C/C)O[Si](C)(C)C(C)(C)C)n1. The highest BCUT2D eigenvalue weighted by molar-refractivity contribution is 6.74. The van der Waals surface area contributed by atoms with Crippen molar-refractivity contribution in [3.8, 4) is 0 Å². The van der Waals surface area contributed by atoms with Crippen molar-refractivity contribution in [2.45, 2.75) is 176 Å². The van der Waals surface area contributed by atoms with Crippen molar-refractivity contribution in [1.82, 2.24) is 9.97 Å². The molecule has 12 nitrogen and oxygen atoms in total. The van der Waals surface area contributed by atoms with Crippen molar-refractivity contribution in [1.29, 1.82) is 0 Å². The molecule has 0 saturated heterocycles. The molecule has 2 aromatic heterocycles. The van der Waals surface area contributed by atoms with Crippen molar-refractivity contribution in [3.05, 3.63) is 127 Å². The van der Waals surface area contributed by atoms with Gasteiger partial charge >= 0.3 is 11.9 Å². The van der Waals surface area contributed by atoms with E-state index in [2.05, 4.69) is 136 Å². The highest BCUT2D eigenvalue weighted by Crippen LogP contribution is 2.44. The van der Waals surface area contributed by atoms with Crippen molar-refractivity contribution in [2.75, 3.05) is 14.2 Å². The van der Waals surface area contributed by atoms with Gasteiger partial charge in [0.2, 0.25) is 5.89 Å². The number of aromatic nitrogens is 2. The summed E-state index contributed by atoms with van der Waals surface area (Å²) in [5.74, 6) is 0.330. The van der Waals surface area contributed by atoms with Gasteiger partial charge in [0.1, 0.15) is 18.6 Å². The Labute approximate surface area is 428 Å². The number of oxazole rings is 2. The van der Waals surface area contributed by atoms with Crippen LogP contribution in [-0.4, -0.2) is 88.4 Å². The molecule has 1 fully saturated rings. The first-order chi connectivity index (χ1) is 33.0. The van der Waals surface area contributed by atoms with Crippen LogP contribution < -0.4 is 0 Å². The van der Waals surface area contributed by atoms with E-state index in [1.807, 2.05) is 74.6 Å². The van der Waals surface area contributed by atoms with E-state index in [4.69, 9.17) is 31.9 Å². The summed E-state index contributed by atoms with van der Waals surface area (Å²) in [4.78, 5) is 34.2. The van der Waals surface area contributed by atoms with E-state index in [9.17, 15) is 14.7 Å². The molecule has 0 aliphatic heterocycles. The number of carbonyl (C=O) groups is 2. The highest BCUT2D eigenvalue weighted by Gasteiger charge is 2.47. The zero-order valence-corrected chi connectivity index (χ0v) is 48.3. The molecule has 0 aromatic carbocycles. The number of hydrogen-bond acceptors (Lipinski definition) is 12. The van der Waals surface area contributed by atoms with Gasteiger partial charge in [-0.25, -0.2) is 19.6 Å². The Bertz CT molecular complexity index is 2240. The Hall–Kier alpha value is -4.45. The third-order valence-electron chi connectivity index (χ3n) is 14.4. The molecule has 3 rings (SSSR count). The minimum atomic E-state index is -2.24. The molecule has 2 heterocycles. The van der Waals surface area contributed by atoms with E-state index < -0.39 is 51.6 Å². The van der Waals surface area contributed by atoms with Crippen LogP contribution in [0.15, 0.2) is 113 Å². The maximum absolute atomic E-state index is 13.8. The molecule has 14 heteroatoms. The second kappa shape index (κ2) is 26.5. The first-order valence-corrected chi connectivity index (χ1v) is 30.9. The van der Waals surface area contributed by atoms with E-state index in [0.29, 0.717) is 42.9 Å². The number of allylic oxidation sites excluding steroid dienone is 10. The summed E-state index contributed by atoms with van der Waals surface area (Å²) in [7, 11) is -1.41. The molecule has 1 aliphatic carbocycles. The van der Waals surface area contributed by atoms with Crippen LogP contribution in [0.5, 0.6) is 0 Å². The van der Waals surface area contributed by atoms with Crippen LogP contribution in [-0.2, 0) is 29.5 Å². The smallest absolute Gasteiger partial charge is 0.360 e. The second-order valence-electron chi connectivity index (χ2n) is 22.8. The quantitative estimate of drug-likeness (QED) is 0.0392. The summed E-state index contributed by atoms with van der Waals surface area (Å²) in [5.41, 5.74) is -0.924. The van der Waals surface area contributed by atoms with Gasteiger partial charge in [0, 0.05) is 30.4 Å². The summed E-state index contributed by atoms with van der Waals surface area (Å²) in [5, 5.41) is 11.4. The van der Waals surface area contributed by atoms with Crippen LogP contribution in [0.1, 0.15) is 135 Å². The number of nitrogens with zero attached hydrogens (tertiary/aromatic N) is 2. The van der Waals surface area contributed by atoms with Crippen molar-refractivity contribution >= 4 is 34.6 Å². The van der Waals surface area contributed by atoms with Gasteiger partial charge in [0.15, 0.2) is 33.9 Å². The number of rotatable bonds is 27. The molecule has 1 N–H and O–H groups in total. The minimum absolute atomic E-state index is 0.0353. The number of carbonyl (C=O) groups excluding carboxylic acids is 2. The maximum Gasteiger partial charge on any atom is 0.360 e. The van der Waals surface area contributed by atoms with E-state index in [0.717, 1.165) is 6.42 Å². The molecule has 71 heavy (non-hydrogen) atoms. The Morgan fingerprint density at radius 1 is 0.704 bits per heavy atom. The lowest BCUT2D eigenvalue weighted by Crippen LogP contribution is -2.51. The Morgan fingerprint density at radius 3 is 1.85 bits per heavy atom. The predicted octanol–water partition coefficient (Wildman–Crippen LogP) is 13.8. The van der Waals surface area contributed by atoms with E-state index in [1.165, 1.54) is 19.6 Å². The van der Waals surface area contributed by atoms with Crippen LogP contribution in [0.2, 0.25) is 36.3 Å². The summed E-state index contributed by atoms with van der Waals surface area (Å²) in [6.45, 7) is 34.6.